The van der Waals surface area contributed by atoms with E-state index in [0.717, 1.165) is 25.9 Å². The van der Waals surface area contributed by atoms with Gasteiger partial charge in [0.15, 0.2) is 5.01 Å². The summed E-state index contributed by atoms with van der Waals surface area (Å²) in [6.07, 6.45) is -1.55. The molecule has 0 atom stereocenters. The van der Waals surface area contributed by atoms with E-state index < -0.39 is 17.4 Å². The first-order chi connectivity index (χ1) is 8.48. The highest BCUT2D eigenvalue weighted by Crippen LogP contribution is 2.36. The van der Waals surface area contributed by atoms with E-state index in [2.05, 4.69) is 15.5 Å². The lowest BCUT2D eigenvalue weighted by Gasteiger charge is -2.10. The van der Waals surface area contributed by atoms with Crippen LogP contribution in [0, 0.1) is 0 Å². The fourth-order valence-electron chi connectivity index (χ4n) is 1.25. The SMILES string of the molecule is CCCNCCCc1nnc(C(F)(F)C(F)F)s1. The van der Waals surface area contributed by atoms with Crippen molar-refractivity contribution in [3.8, 4) is 0 Å². The average Bonchev–Trinajstić information content (AvgIpc) is 2.78. The Kier molecular flexibility index (Phi) is 5.94. The molecule has 0 radical (unpaired) electrons. The molecule has 8 heteroatoms. The van der Waals surface area contributed by atoms with E-state index in [1.54, 1.807) is 0 Å². The second kappa shape index (κ2) is 6.98. The second-order valence-electron chi connectivity index (χ2n) is 3.78. The molecule has 104 valence electrons. The molecule has 1 N–H and O–H groups in total. The van der Waals surface area contributed by atoms with Crippen molar-refractivity contribution in [2.24, 2.45) is 0 Å². The number of aryl methyl sites for hydroxylation is 1. The van der Waals surface area contributed by atoms with Gasteiger partial charge in [0.1, 0.15) is 5.01 Å². The Bertz CT molecular complexity index is 357. The Balaban J connectivity index is 2.44. The van der Waals surface area contributed by atoms with Crippen molar-refractivity contribution in [1.29, 1.82) is 0 Å². The number of alkyl halides is 4. The highest BCUT2D eigenvalue weighted by molar-refractivity contribution is 7.11. The van der Waals surface area contributed by atoms with Gasteiger partial charge in [-0.1, -0.05) is 18.3 Å². The van der Waals surface area contributed by atoms with Gasteiger partial charge in [0.25, 0.3) is 0 Å². The summed E-state index contributed by atoms with van der Waals surface area (Å²) in [5, 5.41) is 9.26. The van der Waals surface area contributed by atoms with Gasteiger partial charge in [-0.3, -0.25) is 0 Å². The van der Waals surface area contributed by atoms with E-state index in [4.69, 9.17) is 0 Å². The largest absolute Gasteiger partial charge is 0.359 e. The van der Waals surface area contributed by atoms with Crippen LogP contribution >= 0.6 is 11.3 Å². The molecule has 0 aliphatic carbocycles. The zero-order valence-electron chi connectivity index (χ0n) is 9.93. The Morgan fingerprint density at radius 1 is 1.28 bits per heavy atom. The summed E-state index contributed by atoms with van der Waals surface area (Å²) in [6.45, 7) is 3.68. The van der Waals surface area contributed by atoms with Crippen molar-refractivity contribution in [1.82, 2.24) is 15.5 Å². The number of halogens is 4. The molecule has 18 heavy (non-hydrogen) atoms. The third-order valence-corrected chi connectivity index (χ3v) is 3.27. The van der Waals surface area contributed by atoms with Crippen LogP contribution in [0.15, 0.2) is 0 Å². The Hall–Kier alpha value is -0.760. The van der Waals surface area contributed by atoms with Gasteiger partial charge in [0.05, 0.1) is 0 Å². The molecule has 0 saturated carbocycles. The average molecular weight is 285 g/mol. The smallest absolute Gasteiger partial charge is 0.317 e. The molecule has 0 saturated heterocycles. The predicted octanol–water partition coefficient (Wildman–Crippen LogP) is 2.83. The number of nitrogens with one attached hydrogen (secondary N) is 1. The quantitative estimate of drug-likeness (QED) is 0.589. The van der Waals surface area contributed by atoms with Crippen LogP contribution in [0.3, 0.4) is 0 Å². The summed E-state index contributed by atoms with van der Waals surface area (Å²) in [5.74, 6) is -4.20. The van der Waals surface area contributed by atoms with Gasteiger partial charge in [-0.2, -0.15) is 8.78 Å². The molecular weight excluding hydrogens is 270 g/mol. The summed E-state index contributed by atoms with van der Waals surface area (Å²) in [4.78, 5) is 0. The third kappa shape index (κ3) is 4.16. The zero-order chi connectivity index (χ0) is 13.6. The molecule has 1 aromatic rings. The van der Waals surface area contributed by atoms with Crippen molar-refractivity contribution >= 4 is 11.3 Å². The van der Waals surface area contributed by atoms with Crippen LogP contribution in [-0.2, 0) is 12.3 Å². The van der Waals surface area contributed by atoms with Gasteiger partial charge in [-0.15, -0.1) is 10.2 Å². The fraction of sp³-hybridized carbons (Fsp3) is 0.800. The second-order valence-corrected chi connectivity index (χ2v) is 4.84. The van der Waals surface area contributed by atoms with Gasteiger partial charge in [0.2, 0.25) is 0 Å². The molecule has 0 unspecified atom stereocenters. The van der Waals surface area contributed by atoms with Crippen LogP contribution in [-0.4, -0.2) is 29.7 Å². The zero-order valence-corrected chi connectivity index (χ0v) is 10.7. The lowest BCUT2D eigenvalue weighted by Crippen LogP contribution is -2.23. The molecule has 0 aliphatic rings. The van der Waals surface area contributed by atoms with E-state index >= 15 is 0 Å². The molecule has 0 amide bonds. The van der Waals surface area contributed by atoms with Crippen molar-refractivity contribution in [2.75, 3.05) is 13.1 Å². The van der Waals surface area contributed by atoms with Crippen LogP contribution in [0.25, 0.3) is 0 Å². The maximum atomic E-state index is 12.9. The number of aromatic nitrogens is 2. The minimum Gasteiger partial charge on any atom is -0.317 e. The Labute approximate surface area is 107 Å². The van der Waals surface area contributed by atoms with E-state index in [1.807, 2.05) is 6.92 Å². The van der Waals surface area contributed by atoms with Gasteiger partial charge < -0.3 is 5.32 Å². The standard InChI is InChI=1S/C10H15F4N3S/c1-2-5-15-6-3-4-7-16-17-9(18-7)10(13,14)8(11)12/h8,15H,2-6H2,1H3. The first-order valence-corrected chi connectivity index (χ1v) is 6.49. The summed E-state index contributed by atoms with van der Waals surface area (Å²) in [5.41, 5.74) is 0. The summed E-state index contributed by atoms with van der Waals surface area (Å²) >= 11 is 0.552. The highest BCUT2D eigenvalue weighted by atomic mass is 32.1. The third-order valence-electron chi connectivity index (χ3n) is 2.20. The lowest BCUT2D eigenvalue weighted by atomic mass is 10.3. The molecule has 3 nitrogen and oxygen atoms in total. The van der Waals surface area contributed by atoms with Crippen molar-refractivity contribution in [3.05, 3.63) is 10.0 Å². The van der Waals surface area contributed by atoms with Crippen LogP contribution in [0.2, 0.25) is 0 Å². The number of rotatable bonds is 8. The predicted molar refractivity (Wildman–Crippen MR) is 61.3 cm³/mol. The Morgan fingerprint density at radius 2 is 2.00 bits per heavy atom. The van der Waals surface area contributed by atoms with Gasteiger partial charge in [-0.05, 0) is 25.9 Å². The van der Waals surface area contributed by atoms with E-state index in [-0.39, 0.29) is 0 Å². The lowest BCUT2D eigenvalue weighted by molar-refractivity contribution is -0.135. The molecule has 0 spiro atoms. The fourth-order valence-corrected chi connectivity index (χ4v) is 2.11. The molecule has 1 rings (SSSR count). The van der Waals surface area contributed by atoms with Crippen LogP contribution in [0.5, 0.6) is 0 Å². The summed E-state index contributed by atoms with van der Waals surface area (Å²) < 4.78 is 50.0. The highest BCUT2D eigenvalue weighted by Gasteiger charge is 2.46. The number of hydrogen-bond donors (Lipinski definition) is 1. The van der Waals surface area contributed by atoms with Gasteiger partial charge in [0, 0.05) is 6.42 Å². The van der Waals surface area contributed by atoms with Crippen molar-refractivity contribution < 1.29 is 17.6 Å². The maximum Gasteiger partial charge on any atom is 0.359 e. The van der Waals surface area contributed by atoms with E-state index in [9.17, 15) is 17.6 Å². The van der Waals surface area contributed by atoms with Gasteiger partial charge in [-0.25, -0.2) is 8.78 Å². The molecule has 0 aliphatic heterocycles. The Morgan fingerprint density at radius 3 is 2.61 bits per heavy atom. The molecule has 1 heterocycles. The van der Waals surface area contributed by atoms with Crippen LogP contribution in [0.4, 0.5) is 17.6 Å². The number of nitrogens with zero attached hydrogens (tertiary/aromatic N) is 2. The normalized spacial score (nSPS) is 12.3. The minimum absolute atomic E-state index is 0.364. The van der Waals surface area contributed by atoms with Crippen LogP contribution < -0.4 is 5.32 Å². The minimum atomic E-state index is -4.20. The maximum absolute atomic E-state index is 12.9. The summed E-state index contributed by atoms with van der Waals surface area (Å²) in [6, 6.07) is 0. The molecule has 1 aromatic heterocycles. The summed E-state index contributed by atoms with van der Waals surface area (Å²) in [7, 11) is 0. The first-order valence-electron chi connectivity index (χ1n) is 5.68. The number of hydrogen-bond acceptors (Lipinski definition) is 4. The molecular formula is C10H15F4N3S. The van der Waals surface area contributed by atoms with Crippen LogP contribution in [0.1, 0.15) is 29.8 Å². The monoisotopic (exact) mass is 285 g/mol. The van der Waals surface area contributed by atoms with E-state index in [1.165, 1.54) is 0 Å². The van der Waals surface area contributed by atoms with Gasteiger partial charge >= 0.3 is 12.3 Å². The first kappa shape index (κ1) is 15.3. The molecule has 0 bridgehead atoms. The van der Waals surface area contributed by atoms with Crippen molar-refractivity contribution in [3.63, 3.8) is 0 Å². The van der Waals surface area contributed by atoms with Crippen molar-refractivity contribution in [2.45, 2.75) is 38.5 Å². The molecule has 0 fully saturated rings. The molecule has 0 aromatic carbocycles. The topological polar surface area (TPSA) is 37.8 Å². The van der Waals surface area contributed by atoms with E-state index in [0.29, 0.717) is 22.8 Å².